The molecule has 3 amide bonds. The molecule has 0 aliphatic carbocycles. The Bertz CT molecular complexity index is 846. The van der Waals surface area contributed by atoms with Crippen LogP contribution in [0.2, 0.25) is 0 Å². The van der Waals surface area contributed by atoms with Gasteiger partial charge in [-0.3, -0.25) is 14.4 Å². The average Bonchev–Trinajstić information content (AvgIpc) is 3.32. The van der Waals surface area contributed by atoms with Gasteiger partial charge in [0.2, 0.25) is 11.8 Å². The van der Waals surface area contributed by atoms with E-state index in [1.165, 1.54) is 17.6 Å². The molecule has 0 atom stereocenters. The number of nitrogens with zero attached hydrogens (tertiary/aromatic N) is 3. The van der Waals surface area contributed by atoms with E-state index in [9.17, 15) is 14.4 Å². The summed E-state index contributed by atoms with van der Waals surface area (Å²) in [5.41, 5.74) is 0.127. The van der Waals surface area contributed by atoms with E-state index >= 15 is 0 Å². The lowest BCUT2D eigenvalue weighted by molar-refractivity contribution is -0.132. The summed E-state index contributed by atoms with van der Waals surface area (Å²) >= 11 is 1.31. The maximum absolute atomic E-state index is 12.5. The first-order chi connectivity index (χ1) is 13.2. The highest BCUT2D eigenvalue weighted by molar-refractivity contribution is 7.13. The van der Waals surface area contributed by atoms with Gasteiger partial charge in [0.15, 0.2) is 10.9 Å². The highest BCUT2D eigenvalue weighted by Crippen LogP contribution is 2.21. The predicted molar refractivity (Wildman–Crippen MR) is 105 cm³/mol. The molecule has 1 N–H and O–H groups in total. The number of carbonyl (C=O) groups is 3. The zero-order valence-corrected chi connectivity index (χ0v) is 17.0. The summed E-state index contributed by atoms with van der Waals surface area (Å²) in [6.07, 6.45) is 1.65. The third-order valence-corrected chi connectivity index (χ3v) is 5.24. The van der Waals surface area contributed by atoms with Crippen molar-refractivity contribution in [3.8, 4) is 0 Å². The van der Waals surface area contributed by atoms with E-state index in [1.54, 1.807) is 27.3 Å². The summed E-state index contributed by atoms with van der Waals surface area (Å²) in [7, 11) is 0. The molecule has 1 aliphatic rings. The van der Waals surface area contributed by atoms with Crippen molar-refractivity contribution in [3.63, 3.8) is 0 Å². The molecule has 2 aromatic rings. The van der Waals surface area contributed by atoms with Gasteiger partial charge in [0.05, 0.1) is 18.4 Å². The van der Waals surface area contributed by atoms with Crippen LogP contribution in [0.15, 0.2) is 28.2 Å². The van der Waals surface area contributed by atoms with Gasteiger partial charge in [-0.2, -0.15) is 0 Å². The summed E-state index contributed by atoms with van der Waals surface area (Å²) < 4.78 is 5.14. The lowest BCUT2D eigenvalue weighted by Gasteiger charge is -2.34. The Morgan fingerprint density at radius 1 is 1.18 bits per heavy atom. The first kappa shape index (κ1) is 20.1. The third kappa shape index (κ3) is 4.78. The Kier molecular flexibility index (Phi) is 5.83. The molecule has 0 aromatic carbocycles. The molecular weight excluding hydrogens is 380 g/mol. The molecule has 3 heterocycles. The second-order valence-electron chi connectivity index (χ2n) is 7.68. The van der Waals surface area contributed by atoms with Crippen molar-refractivity contribution in [2.45, 2.75) is 27.2 Å². The second kappa shape index (κ2) is 8.14. The summed E-state index contributed by atoms with van der Waals surface area (Å²) in [6, 6.07) is 3.32. The fourth-order valence-corrected chi connectivity index (χ4v) is 3.42. The molecule has 1 aliphatic heterocycles. The fourth-order valence-electron chi connectivity index (χ4n) is 2.71. The zero-order chi connectivity index (χ0) is 20.3. The van der Waals surface area contributed by atoms with Crippen LogP contribution in [0.25, 0.3) is 0 Å². The Balaban J connectivity index is 1.50. The highest BCUT2D eigenvalue weighted by Gasteiger charge is 2.27. The molecule has 28 heavy (non-hydrogen) atoms. The highest BCUT2D eigenvalue weighted by atomic mass is 32.1. The van der Waals surface area contributed by atoms with E-state index in [-0.39, 0.29) is 24.1 Å². The minimum Gasteiger partial charge on any atom is -0.459 e. The topological polar surface area (TPSA) is 95.8 Å². The van der Waals surface area contributed by atoms with Gasteiger partial charge in [-0.05, 0) is 12.1 Å². The number of carbonyl (C=O) groups excluding carboxylic acids is 3. The van der Waals surface area contributed by atoms with Crippen LogP contribution in [0.4, 0.5) is 5.13 Å². The van der Waals surface area contributed by atoms with Gasteiger partial charge in [-0.25, -0.2) is 4.98 Å². The standard InChI is InChI=1S/C19H24N4O4S/c1-19(2,3)17(26)21-18-20-13(12-28-18)11-15(24)22-6-8-23(9-7-22)16(25)14-5-4-10-27-14/h4-5,10,12H,6-9,11H2,1-3H3,(H,20,21,26). The van der Waals surface area contributed by atoms with Crippen molar-refractivity contribution in [2.75, 3.05) is 31.5 Å². The van der Waals surface area contributed by atoms with Gasteiger partial charge < -0.3 is 19.5 Å². The van der Waals surface area contributed by atoms with Crippen molar-refractivity contribution in [1.82, 2.24) is 14.8 Å². The predicted octanol–water partition coefficient (Wildman–Crippen LogP) is 2.25. The number of hydrogen-bond donors (Lipinski definition) is 1. The van der Waals surface area contributed by atoms with E-state index in [2.05, 4.69) is 10.3 Å². The minimum absolute atomic E-state index is 0.0379. The number of aromatic nitrogens is 1. The number of amides is 3. The van der Waals surface area contributed by atoms with E-state index in [4.69, 9.17) is 4.42 Å². The molecule has 1 fully saturated rings. The van der Waals surface area contributed by atoms with Gasteiger partial charge in [0, 0.05) is 37.0 Å². The number of rotatable bonds is 4. The summed E-state index contributed by atoms with van der Waals surface area (Å²) in [4.78, 5) is 44.6. The maximum Gasteiger partial charge on any atom is 0.289 e. The molecule has 0 saturated carbocycles. The average molecular weight is 404 g/mol. The van der Waals surface area contributed by atoms with Crippen LogP contribution in [0.5, 0.6) is 0 Å². The fraction of sp³-hybridized carbons (Fsp3) is 0.474. The summed E-state index contributed by atoms with van der Waals surface area (Å²) in [5, 5.41) is 5.06. The first-order valence-electron chi connectivity index (χ1n) is 9.10. The lowest BCUT2D eigenvalue weighted by Crippen LogP contribution is -2.50. The largest absolute Gasteiger partial charge is 0.459 e. The van der Waals surface area contributed by atoms with Crippen LogP contribution in [0.3, 0.4) is 0 Å². The number of nitrogens with one attached hydrogen (secondary N) is 1. The molecule has 150 valence electrons. The Hall–Kier alpha value is -2.68. The number of thiazole rings is 1. The number of anilines is 1. The van der Waals surface area contributed by atoms with Gasteiger partial charge in [-0.1, -0.05) is 20.8 Å². The van der Waals surface area contributed by atoms with Crippen LogP contribution < -0.4 is 5.32 Å². The monoisotopic (exact) mass is 404 g/mol. The normalized spacial score (nSPS) is 14.8. The van der Waals surface area contributed by atoms with Crippen LogP contribution in [-0.2, 0) is 16.0 Å². The molecule has 1 saturated heterocycles. The van der Waals surface area contributed by atoms with Crippen molar-refractivity contribution >= 4 is 34.2 Å². The molecule has 3 rings (SSSR count). The van der Waals surface area contributed by atoms with Crippen molar-refractivity contribution in [3.05, 3.63) is 35.2 Å². The van der Waals surface area contributed by atoms with Crippen LogP contribution in [0.1, 0.15) is 37.0 Å². The number of hydrogen-bond acceptors (Lipinski definition) is 6. The molecule has 0 spiro atoms. The third-order valence-electron chi connectivity index (χ3n) is 4.44. The summed E-state index contributed by atoms with van der Waals surface area (Å²) in [6.45, 7) is 7.38. The Morgan fingerprint density at radius 3 is 2.46 bits per heavy atom. The maximum atomic E-state index is 12.5. The van der Waals surface area contributed by atoms with E-state index in [0.29, 0.717) is 42.8 Å². The SMILES string of the molecule is CC(C)(C)C(=O)Nc1nc(CC(=O)N2CCN(C(=O)c3ccco3)CC2)cs1. The van der Waals surface area contributed by atoms with Crippen LogP contribution in [0, 0.1) is 5.41 Å². The van der Waals surface area contributed by atoms with Gasteiger partial charge >= 0.3 is 0 Å². The molecule has 0 bridgehead atoms. The van der Waals surface area contributed by atoms with Crippen LogP contribution >= 0.6 is 11.3 Å². The van der Waals surface area contributed by atoms with Gasteiger partial charge in [-0.15, -0.1) is 11.3 Å². The molecule has 0 unspecified atom stereocenters. The number of piperazine rings is 1. The van der Waals surface area contributed by atoms with Crippen molar-refractivity contribution in [1.29, 1.82) is 0 Å². The van der Waals surface area contributed by atoms with Gasteiger partial charge in [0.1, 0.15) is 0 Å². The van der Waals surface area contributed by atoms with Crippen molar-refractivity contribution in [2.24, 2.45) is 5.41 Å². The second-order valence-corrected chi connectivity index (χ2v) is 8.53. The molecule has 9 heteroatoms. The van der Waals surface area contributed by atoms with E-state index in [0.717, 1.165) is 0 Å². The summed E-state index contributed by atoms with van der Waals surface area (Å²) in [5.74, 6) is 0.00378. The van der Waals surface area contributed by atoms with Gasteiger partial charge in [0.25, 0.3) is 5.91 Å². The smallest absolute Gasteiger partial charge is 0.289 e. The molecule has 2 aromatic heterocycles. The van der Waals surface area contributed by atoms with Crippen LogP contribution in [-0.4, -0.2) is 58.7 Å². The Morgan fingerprint density at radius 2 is 1.86 bits per heavy atom. The van der Waals surface area contributed by atoms with E-state index in [1.807, 2.05) is 20.8 Å². The molecular formula is C19H24N4O4S. The number of furan rings is 1. The van der Waals surface area contributed by atoms with Crippen molar-refractivity contribution < 1.29 is 18.8 Å². The first-order valence-corrected chi connectivity index (χ1v) is 9.98. The quantitative estimate of drug-likeness (QED) is 0.843. The lowest BCUT2D eigenvalue weighted by atomic mass is 9.96. The zero-order valence-electron chi connectivity index (χ0n) is 16.2. The molecule has 8 nitrogen and oxygen atoms in total. The minimum atomic E-state index is -0.506. The van der Waals surface area contributed by atoms with E-state index < -0.39 is 5.41 Å². The molecule has 0 radical (unpaired) electrons. The Labute approximate surface area is 167 Å².